The predicted octanol–water partition coefficient (Wildman–Crippen LogP) is 2.12. The average molecular weight is 253 g/mol. The Hall–Kier alpha value is -1.36. The fourth-order valence-corrected chi connectivity index (χ4v) is 1.60. The molecule has 0 aliphatic heterocycles. The SMILES string of the molecule is Cc1n[nH]cc1-c1cnc(N)c(Br)c1. The molecule has 2 aromatic rings. The van der Waals surface area contributed by atoms with Crippen LogP contribution in [0.3, 0.4) is 0 Å². The van der Waals surface area contributed by atoms with Crippen molar-refractivity contribution in [3.8, 4) is 11.1 Å². The summed E-state index contributed by atoms with van der Waals surface area (Å²) in [6.45, 7) is 1.94. The molecular formula is C9H9BrN4. The Morgan fingerprint density at radius 3 is 2.86 bits per heavy atom. The van der Waals surface area contributed by atoms with E-state index < -0.39 is 0 Å². The molecule has 2 heterocycles. The Bertz CT molecular complexity index is 464. The molecule has 0 radical (unpaired) electrons. The number of rotatable bonds is 1. The Kier molecular flexibility index (Phi) is 2.25. The normalized spacial score (nSPS) is 10.4. The number of halogens is 1. The van der Waals surface area contributed by atoms with Gasteiger partial charge in [-0.1, -0.05) is 0 Å². The summed E-state index contributed by atoms with van der Waals surface area (Å²) in [5.74, 6) is 0.495. The number of H-pyrrole nitrogens is 1. The maximum absolute atomic E-state index is 5.60. The van der Waals surface area contributed by atoms with Gasteiger partial charge in [0.15, 0.2) is 0 Å². The van der Waals surface area contributed by atoms with Crippen LogP contribution < -0.4 is 5.73 Å². The molecule has 14 heavy (non-hydrogen) atoms. The third-order valence-electron chi connectivity index (χ3n) is 2.01. The van der Waals surface area contributed by atoms with Crippen LogP contribution in [0.1, 0.15) is 5.69 Å². The first-order valence-electron chi connectivity index (χ1n) is 4.10. The molecule has 0 saturated heterocycles. The van der Waals surface area contributed by atoms with Gasteiger partial charge in [-0.3, -0.25) is 5.10 Å². The summed E-state index contributed by atoms with van der Waals surface area (Å²) < 4.78 is 0.801. The van der Waals surface area contributed by atoms with Gasteiger partial charge in [0, 0.05) is 23.5 Å². The van der Waals surface area contributed by atoms with Crippen LogP contribution in [0.4, 0.5) is 5.82 Å². The van der Waals surface area contributed by atoms with Crippen LogP contribution in [0.5, 0.6) is 0 Å². The van der Waals surface area contributed by atoms with Crippen molar-refractivity contribution in [3.05, 3.63) is 28.6 Å². The summed E-state index contributed by atoms with van der Waals surface area (Å²) in [5.41, 5.74) is 8.58. The molecule has 2 rings (SSSR count). The molecule has 0 saturated carbocycles. The molecule has 2 aromatic heterocycles. The Morgan fingerprint density at radius 2 is 2.29 bits per heavy atom. The molecular weight excluding hydrogens is 244 g/mol. The van der Waals surface area contributed by atoms with E-state index in [-0.39, 0.29) is 0 Å². The van der Waals surface area contributed by atoms with Crippen molar-refractivity contribution in [2.45, 2.75) is 6.92 Å². The van der Waals surface area contributed by atoms with Crippen LogP contribution in [0.15, 0.2) is 22.9 Å². The quantitative estimate of drug-likeness (QED) is 0.817. The summed E-state index contributed by atoms with van der Waals surface area (Å²) in [4.78, 5) is 4.06. The smallest absolute Gasteiger partial charge is 0.137 e. The third-order valence-corrected chi connectivity index (χ3v) is 2.65. The molecule has 0 fully saturated rings. The second-order valence-electron chi connectivity index (χ2n) is 2.98. The van der Waals surface area contributed by atoms with E-state index in [1.54, 1.807) is 6.20 Å². The van der Waals surface area contributed by atoms with Crippen LogP contribution >= 0.6 is 15.9 Å². The summed E-state index contributed by atoms with van der Waals surface area (Å²) in [7, 11) is 0. The van der Waals surface area contributed by atoms with Crippen LogP contribution in [0.2, 0.25) is 0 Å². The van der Waals surface area contributed by atoms with Gasteiger partial charge in [0.05, 0.1) is 10.2 Å². The third kappa shape index (κ3) is 1.50. The van der Waals surface area contributed by atoms with Gasteiger partial charge in [0.25, 0.3) is 0 Å². The van der Waals surface area contributed by atoms with Crippen LogP contribution in [0.25, 0.3) is 11.1 Å². The fraction of sp³-hybridized carbons (Fsp3) is 0.111. The standard InChI is InChI=1S/C9H9BrN4/c1-5-7(4-13-14-5)6-2-8(10)9(11)12-3-6/h2-4H,1H3,(H2,11,12)(H,13,14). The van der Waals surface area contributed by atoms with Crippen molar-refractivity contribution in [2.24, 2.45) is 0 Å². The van der Waals surface area contributed by atoms with Gasteiger partial charge < -0.3 is 5.73 Å². The van der Waals surface area contributed by atoms with Crippen molar-refractivity contribution < 1.29 is 0 Å². The number of aromatic nitrogens is 3. The maximum Gasteiger partial charge on any atom is 0.137 e. The van der Waals surface area contributed by atoms with E-state index >= 15 is 0 Å². The lowest BCUT2D eigenvalue weighted by Crippen LogP contribution is -1.91. The number of aryl methyl sites for hydroxylation is 1. The zero-order valence-electron chi connectivity index (χ0n) is 7.58. The number of nitrogens with two attached hydrogens (primary N) is 1. The molecule has 0 atom stereocenters. The minimum Gasteiger partial charge on any atom is -0.383 e. The highest BCUT2D eigenvalue weighted by Crippen LogP contribution is 2.26. The number of anilines is 1. The average Bonchev–Trinajstić information content (AvgIpc) is 2.57. The highest BCUT2D eigenvalue weighted by Gasteiger charge is 2.06. The van der Waals surface area contributed by atoms with Gasteiger partial charge in [-0.15, -0.1) is 0 Å². The molecule has 4 nitrogen and oxygen atoms in total. The minimum atomic E-state index is 0.495. The molecule has 0 bridgehead atoms. The van der Waals surface area contributed by atoms with Crippen molar-refractivity contribution in [2.75, 3.05) is 5.73 Å². The summed E-state index contributed by atoms with van der Waals surface area (Å²) in [6.07, 6.45) is 3.58. The number of nitrogens with zero attached hydrogens (tertiary/aromatic N) is 2. The molecule has 0 aliphatic rings. The Morgan fingerprint density at radius 1 is 1.50 bits per heavy atom. The molecule has 0 spiro atoms. The summed E-state index contributed by atoms with van der Waals surface area (Å²) >= 11 is 3.34. The summed E-state index contributed by atoms with van der Waals surface area (Å²) in [6, 6.07) is 1.93. The van der Waals surface area contributed by atoms with Gasteiger partial charge in [-0.05, 0) is 28.9 Å². The topological polar surface area (TPSA) is 67.6 Å². The Labute approximate surface area is 89.7 Å². The number of hydrogen-bond acceptors (Lipinski definition) is 3. The lowest BCUT2D eigenvalue weighted by Gasteiger charge is -2.01. The van der Waals surface area contributed by atoms with Crippen molar-refractivity contribution >= 4 is 21.7 Å². The predicted molar refractivity (Wildman–Crippen MR) is 58.7 cm³/mol. The van der Waals surface area contributed by atoms with Crippen molar-refractivity contribution in [1.29, 1.82) is 0 Å². The highest BCUT2D eigenvalue weighted by atomic mass is 79.9. The molecule has 5 heteroatoms. The van der Waals surface area contributed by atoms with E-state index in [1.807, 2.05) is 19.2 Å². The van der Waals surface area contributed by atoms with E-state index in [0.717, 1.165) is 21.3 Å². The second kappa shape index (κ2) is 3.42. The lowest BCUT2D eigenvalue weighted by atomic mass is 10.1. The van der Waals surface area contributed by atoms with E-state index in [2.05, 4.69) is 31.1 Å². The Balaban J connectivity index is 2.53. The summed E-state index contributed by atoms with van der Waals surface area (Å²) in [5, 5.41) is 6.85. The lowest BCUT2D eigenvalue weighted by molar-refractivity contribution is 1.05. The van der Waals surface area contributed by atoms with Gasteiger partial charge in [-0.2, -0.15) is 5.10 Å². The van der Waals surface area contributed by atoms with Crippen LogP contribution in [0, 0.1) is 6.92 Å². The van der Waals surface area contributed by atoms with Crippen LogP contribution in [-0.2, 0) is 0 Å². The number of nitrogen functional groups attached to an aromatic ring is 1. The van der Waals surface area contributed by atoms with E-state index in [4.69, 9.17) is 5.73 Å². The molecule has 0 aromatic carbocycles. The zero-order valence-corrected chi connectivity index (χ0v) is 9.17. The largest absolute Gasteiger partial charge is 0.383 e. The number of nitrogens with one attached hydrogen (secondary N) is 1. The van der Waals surface area contributed by atoms with Crippen molar-refractivity contribution in [1.82, 2.24) is 15.2 Å². The number of aromatic amines is 1. The van der Waals surface area contributed by atoms with E-state index in [9.17, 15) is 0 Å². The first-order chi connectivity index (χ1) is 6.68. The fourth-order valence-electron chi connectivity index (χ4n) is 1.25. The van der Waals surface area contributed by atoms with Crippen molar-refractivity contribution in [3.63, 3.8) is 0 Å². The van der Waals surface area contributed by atoms with Gasteiger partial charge in [0.1, 0.15) is 5.82 Å². The zero-order chi connectivity index (χ0) is 10.1. The van der Waals surface area contributed by atoms with Gasteiger partial charge >= 0.3 is 0 Å². The first-order valence-corrected chi connectivity index (χ1v) is 4.89. The second-order valence-corrected chi connectivity index (χ2v) is 3.83. The monoisotopic (exact) mass is 252 g/mol. The molecule has 72 valence electrons. The minimum absolute atomic E-state index is 0.495. The van der Waals surface area contributed by atoms with E-state index in [0.29, 0.717) is 5.82 Å². The number of hydrogen-bond donors (Lipinski definition) is 2. The molecule has 0 amide bonds. The molecule has 0 unspecified atom stereocenters. The highest BCUT2D eigenvalue weighted by molar-refractivity contribution is 9.10. The molecule has 0 aliphatic carbocycles. The van der Waals surface area contributed by atoms with E-state index in [1.165, 1.54) is 0 Å². The molecule has 3 N–H and O–H groups in total. The maximum atomic E-state index is 5.60. The first kappa shape index (κ1) is 9.21. The van der Waals surface area contributed by atoms with Gasteiger partial charge in [0.2, 0.25) is 0 Å². The number of pyridine rings is 1. The van der Waals surface area contributed by atoms with Gasteiger partial charge in [-0.25, -0.2) is 4.98 Å². The van der Waals surface area contributed by atoms with Crippen LogP contribution in [-0.4, -0.2) is 15.2 Å².